The monoisotopic (exact) mass is 327 g/mol. The standard InChI is InChI=1S/C18H14ClNO3/c1-12-20-16(18(21)23-12)10-13-6-3-5-9-17(13)22-11-14-7-2-4-8-15(14)19/h2-10H,11H2,1H3. The van der Waals surface area contributed by atoms with E-state index in [1.54, 1.807) is 13.0 Å². The third-order valence-corrected chi connectivity index (χ3v) is 3.65. The van der Waals surface area contributed by atoms with E-state index in [0.29, 0.717) is 23.3 Å². The highest BCUT2D eigenvalue weighted by atomic mass is 35.5. The molecule has 0 atom stereocenters. The molecule has 0 N–H and O–H groups in total. The fraction of sp³-hybridized carbons (Fsp3) is 0.111. The number of hydrogen-bond acceptors (Lipinski definition) is 4. The van der Waals surface area contributed by atoms with E-state index in [9.17, 15) is 4.79 Å². The second kappa shape index (κ2) is 6.67. The van der Waals surface area contributed by atoms with Gasteiger partial charge in [0.25, 0.3) is 0 Å². The molecule has 0 amide bonds. The van der Waals surface area contributed by atoms with E-state index in [4.69, 9.17) is 21.1 Å². The fourth-order valence-electron chi connectivity index (χ4n) is 2.17. The molecule has 0 radical (unpaired) electrons. The minimum Gasteiger partial charge on any atom is -0.488 e. The number of rotatable bonds is 4. The Labute approximate surface area is 139 Å². The Morgan fingerprint density at radius 2 is 1.91 bits per heavy atom. The molecule has 1 heterocycles. The molecule has 0 unspecified atom stereocenters. The third-order valence-electron chi connectivity index (χ3n) is 3.28. The van der Waals surface area contributed by atoms with E-state index in [0.717, 1.165) is 11.1 Å². The summed E-state index contributed by atoms with van der Waals surface area (Å²) >= 11 is 6.13. The SMILES string of the molecule is CC1=NC(=Cc2ccccc2OCc2ccccc2Cl)C(=O)O1. The Bertz CT molecular complexity index is 811. The van der Waals surface area contributed by atoms with Gasteiger partial charge >= 0.3 is 5.97 Å². The summed E-state index contributed by atoms with van der Waals surface area (Å²) in [6.07, 6.45) is 1.65. The van der Waals surface area contributed by atoms with Crippen LogP contribution >= 0.6 is 11.6 Å². The van der Waals surface area contributed by atoms with Crippen molar-refractivity contribution in [1.29, 1.82) is 0 Å². The molecule has 3 rings (SSSR count). The number of carbonyl (C=O) groups excluding carboxylic acids is 1. The van der Waals surface area contributed by atoms with Gasteiger partial charge in [0.2, 0.25) is 0 Å². The first-order valence-electron chi connectivity index (χ1n) is 7.08. The second-order valence-electron chi connectivity index (χ2n) is 4.97. The molecule has 116 valence electrons. The quantitative estimate of drug-likeness (QED) is 0.623. The molecule has 0 bridgehead atoms. The van der Waals surface area contributed by atoms with Crippen molar-refractivity contribution in [3.8, 4) is 5.75 Å². The Balaban J connectivity index is 1.83. The van der Waals surface area contributed by atoms with E-state index >= 15 is 0 Å². The van der Waals surface area contributed by atoms with Crippen molar-refractivity contribution in [2.75, 3.05) is 0 Å². The molecule has 2 aromatic carbocycles. The van der Waals surface area contributed by atoms with Crippen LogP contribution in [0, 0.1) is 0 Å². The minimum absolute atomic E-state index is 0.260. The highest BCUT2D eigenvalue weighted by molar-refractivity contribution is 6.31. The number of nitrogens with zero attached hydrogens (tertiary/aromatic N) is 1. The summed E-state index contributed by atoms with van der Waals surface area (Å²) in [5.41, 5.74) is 1.91. The zero-order valence-corrected chi connectivity index (χ0v) is 13.2. The van der Waals surface area contributed by atoms with E-state index in [1.165, 1.54) is 0 Å². The molecule has 5 heteroatoms. The third kappa shape index (κ3) is 3.60. The molecule has 1 aliphatic rings. The molecular weight excluding hydrogens is 314 g/mol. The smallest absolute Gasteiger partial charge is 0.363 e. The Morgan fingerprint density at radius 3 is 2.65 bits per heavy atom. The van der Waals surface area contributed by atoms with Gasteiger partial charge in [0, 0.05) is 23.1 Å². The maximum atomic E-state index is 11.7. The van der Waals surface area contributed by atoms with Gasteiger partial charge in [-0.05, 0) is 18.2 Å². The summed E-state index contributed by atoms with van der Waals surface area (Å²) in [6, 6.07) is 14.9. The van der Waals surface area contributed by atoms with Crippen molar-refractivity contribution in [3.63, 3.8) is 0 Å². The predicted octanol–water partition coefficient (Wildman–Crippen LogP) is 4.24. The predicted molar refractivity (Wildman–Crippen MR) is 89.4 cm³/mol. The van der Waals surface area contributed by atoms with Gasteiger partial charge in [-0.15, -0.1) is 0 Å². The van der Waals surface area contributed by atoms with Gasteiger partial charge in [-0.3, -0.25) is 0 Å². The largest absolute Gasteiger partial charge is 0.488 e. The number of halogens is 1. The van der Waals surface area contributed by atoms with Crippen molar-refractivity contribution < 1.29 is 14.3 Å². The van der Waals surface area contributed by atoms with Gasteiger partial charge in [-0.2, -0.15) is 0 Å². The minimum atomic E-state index is -0.455. The second-order valence-corrected chi connectivity index (χ2v) is 5.38. The lowest BCUT2D eigenvalue weighted by Gasteiger charge is -2.10. The van der Waals surface area contributed by atoms with Crippen molar-refractivity contribution in [1.82, 2.24) is 0 Å². The van der Waals surface area contributed by atoms with Crippen LogP contribution in [-0.4, -0.2) is 11.9 Å². The molecule has 0 aliphatic carbocycles. The lowest BCUT2D eigenvalue weighted by molar-refractivity contribution is -0.130. The first-order chi connectivity index (χ1) is 11.1. The topological polar surface area (TPSA) is 47.9 Å². The lowest BCUT2D eigenvalue weighted by atomic mass is 10.1. The molecule has 0 fully saturated rings. The Kier molecular flexibility index (Phi) is 4.44. The maximum Gasteiger partial charge on any atom is 0.363 e. The molecule has 1 aliphatic heterocycles. The summed E-state index contributed by atoms with van der Waals surface area (Å²) in [5, 5.41) is 0.655. The highest BCUT2D eigenvalue weighted by Gasteiger charge is 2.20. The molecule has 0 saturated carbocycles. The van der Waals surface area contributed by atoms with Gasteiger partial charge < -0.3 is 9.47 Å². The van der Waals surface area contributed by atoms with Gasteiger partial charge in [0.1, 0.15) is 12.4 Å². The van der Waals surface area contributed by atoms with Crippen LogP contribution in [0.4, 0.5) is 0 Å². The molecular formula is C18H14ClNO3. The van der Waals surface area contributed by atoms with Crippen LogP contribution in [0.5, 0.6) is 5.75 Å². The van der Waals surface area contributed by atoms with E-state index < -0.39 is 5.97 Å². The highest BCUT2D eigenvalue weighted by Crippen LogP contribution is 2.25. The van der Waals surface area contributed by atoms with E-state index in [2.05, 4.69) is 4.99 Å². The lowest BCUT2D eigenvalue weighted by Crippen LogP contribution is -2.00. The number of hydrogen-bond donors (Lipinski definition) is 0. The van der Waals surface area contributed by atoms with Crippen LogP contribution in [0.2, 0.25) is 5.02 Å². The van der Waals surface area contributed by atoms with E-state index in [-0.39, 0.29) is 5.70 Å². The number of ether oxygens (including phenoxy) is 2. The number of para-hydroxylation sites is 1. The molecule has 0 aromatic heterocycles. The summed E-state index contributed by atoms with van der Waals surface area (Å²) in [7, 11) is 0. The van der Waals surface area contributed by atoms with Crippen LogP contribution in [0.3, 0.4) is 0 Å². The number of esters is 1. The summed E-state index contributed by atoms with van der Waals surface area (Å²) in [4.78, 5) is 15.7. The maximum absolute atomic E-state index is 11.7. The van der Waals surface area contributed by atoms with Crippen LogP contribution in [-0.2, 0) is 16.1 Å². The summed E-state index contributed by atoms with van der Waals surface area (Å²) in [6.45, 7) is 1.98. The van der Waals surface area contributed by atoms with Crippen LogP contribution < -0.4 is 4.74 Å². The average Bonchev–Trinajstić information content (AvgIpc) is 2.85. The van der Waals surface area contributed by atoms with Gasteiger partial charge in [-0.25, -0.2) is 9.79 Å². The zero-order chi connectivity index (χ0) is 16.2. The number of cyclic esters (lactones) is 1. The molecule has 0 spiro atoms. The molecule has 4 nitrogen and oxygen atoms in total. The first-order valence-corrected chi connectivity index (χ1v) is 7.45. The van der Waals surface area contributed by atoms with Gasteiger partial charge in [-0.1, -0.05) is 48.0 Å². The number of aliphatic imine (C=N–C) groups is 1. The van der Waals surface area contributed by atoms with Gasteiger partial charge in [0.05, 0.1) is 0 Å². The Hall–Kier alpha value is -2.59. The van der Waals surface area contributed by atoms with Crippen molar-refractivity contribution in [2.45, 2.75) is 13.5 Å². The van der Waals surface area contributed by atoms with E-state index in [1.807, 2.05) is 48.5 Å². The molecule has 2 aromatic rings. The zero-order valence-electron chi connectivity index (χ0n) is 12.5. The van der Waals surface area contributed by atoms with Gasteiger partial charge in [0.15, 0.2) is 11.6 Å². The normalized spacial score (nSPS) is 15.5. The van der Waals surface area contributed by atoms with Crippen LogP contribution in [0.25, 0.3) is 6.08 Å². The van der Waals surface area contributed by atoms with Crippen LogP contribution in [0.15, 0.2) is 59.2 Å². The average molecular weight is 328 g/mol. The molecule has 0 saturated heterocycles. The van der Waals surface area contributed by atoms with Crippen molar-refractivity contribution >= 4 is 29.5 Å². The van der Waals surface area contributed by atoms with Crippen molar-refractivity contribution in [2.24, 2.45) is 4.99 Å². The van der Waals surface area contributed by atoms with Crippen molar-refractivity contribution in [3.05, 3.63) is 70.4 Å². The number of carbonyl (C=O) groups is 1. The number of benzene rings is 2. The first kappa shape index (κ1) is 15.3. The molecule has 23 heavy (non-hydrogen) atoms. The Morgan fingerprint density at radius 1 is 1.17 bits per heavy atom. The van der Waals surface area contributed by atoms with Crippen LogP contribution in [0.1, 0.15) is 18.1 Å². The summed E-state index contributed by atoms with van der Waals surface area (Å²) < 4.78 is 10.8. The fourth-order valence-corrected chi connectivity index (χ4v) is 2.36. The summed E-state index contributed by atoms with van der Waals surface area (Å²) in [5.74, 6) is 0.534.